The number of anilines is 1. The molecule has 1 amide bonds. The van der Waals surface area contributed by atoms with Crippen molar-refractivity contribution in [3.05, 3.63) is 28.3 Å². The van der Waals surface area contributed by atoms with E-state index < -0.39 is 0 Å². The van der Waals surface area contributed by atoms with Crippen LogP contribution in [0.4, 0.5) is 5.69 Å². The molecule has 2 nitrogen and oxygen atoms in total. The predicted octanol–water partition coefficient (Wildman–Crippen LogP) is 1.96. The van der Waals surface area contributed by atoms with Crippen molar-refractivity contribution in [1.82, 2.24) is 0 Å². The van der Waals surface area contributed by atoms with Gasteiger partial charge in [0.15, 0.2) is 0 Å². The lowest BCUT2D eigenvalue weighted by Crippen LogP contribution is -2.03. The molecule has 1 aromatic rings. The number of benzene rings is 1. The van der Waals surface area contributed by atoms with Crippen LogP contribution in [-0.2, 0) is 17.6 Å². The van der Waals surface area contributed by atoms with Gasteiger partial charge in [0.2, 0.25) is 5.91 Å². The molecule has 1 heterocycles. The first-order chi connectivity index (χ1) is 6.70. The first-order valence-corrected chi connectivity index (χ1v) is 4.89. The lowest BCUT2D eigenvalue weighted by Gasteiger charge is -2.05. The fourth-order valence-corrected chi connectivity index (χ4v) is 1.90. The first-order valence-electron chi connectivity index (χ1n) is 4.52. The second-order valence-corrected chi connectivity index (χ2v) is 3.77. The molecule has 14 heavy (non-hydrogen) atoms. The number of carbonyl (C=O) groups excluding carboxylic acids is 1. The molecule has 0 fully saturated rings. The third-order valence-electron chi connectivity index (χ3n) is 2.31. The number of amides is 1. The lowest BCUT2D eigenvalue weighted by atomic mass is 9.96. The summed E-state index contributed by atoms with van der Waals surface area (Å²) < 4.78 is 0. The van der Waals surface area contributed by atoms with Gasteiger partial charge in [0, 0.05) is 10.7 Å². The summed E-state index contributed by atoms with van der Waals surface area (Å²) in [5, 5.41) is 3.43. The van der Waals surface area contributed by atoms with Gasteiger partial charge in [0.1, 0.15) is 0 Å². The number of nitrogens with one attached hydrogen (secondary N) is 1. The average Bonchev–Trinajstić information content (AvgIpc) is 2.45. The quantitative estimate of drug-likeness (QED) is 0.735. The smallest absolute Gasteiger partial charge is 0.228 e. The maximum atomic E-state index is 11.1. The minimum absolute atomic E-state index is 0.0287. The average molecular weight is 205 g/mol. The zero-order chi connectivity index (χ0) is 10.1. The highest BCUT2D eigenvalue weighted by atomic mass is 35.5. The van der Waals surface area contributed by atoms with E-state index in [2.05, 4.69) is 5.32 Å². The van der Waals surface area contributed by atoms with Crippen LogP contribution in [-0.4, -0.2) is 13.8 Å². The van der Waals surface area contributed by atoms with Crippen molar-refractivity contribution in [3.63, 3.8) is 0 Å². The van der Waals surface area contributed by atoms with Gasteiger partial charge >= 0.3 is 0 Å². The standard InChI is InChI=1S/C10H9BClNO/c11-2-1-6-3-7-4-10(14)13-9(7)5-8(6)12/h3,5H,1-2,4H2,(H,13,14). The van der Waals surface area contributed by atoms with Gasteiger partial charge in [0.05, 0.1) is 14.3 Å². The van der Waals surface area contributed by atoms with Crippen LogP contribution in [0.15, 0.2) is 12.1 Å². The Hall–Kier alpha value is -0.955. The number of hydrogen-bond donors (Lipinski definition) is 1. The number of halogens is 1. The van der Waals surface area contributed by atoms with Crippen molar-refractivity contribution in [3.8, 4) is 0 Å². The molecule has 2 rings (SSSR count). The SMILES string of the molecule is [B]CCc1cc2c(cc1Cl)NC(=O)C2. The summed E-state index contributed by atoms with van der Waals surface area (Å²) in [6.45, 7) is 0. The van der Waals surface area contributed by atoms with E-state index in [0.717, 1.165) is 23.2 Å². The zero-order valence-electron chi connectivity index (χ0n) is 7.64. The van der Waals surface area contributed by atoms with E-state index in [1.165, 1.54) is 0 Å². The van der Waals surface area contributed by atoms with Crippen LogP contribution < -0.4 is 5.32 Å². The number of hydrogen-bond acceptors (Lipinski definition) is 1. The van der Waals surface area contributed by atoms with Crippen LogP contribution in [0, 0.1) is 0 Å². The van der Waals surface area contributed by atoms with Crippen molar-refractivity contribution in [2.45, 2.75) is 19.2 Å². The highest BCUT2D eigenvalue weighted by molar-refractivity contribution is 6.32. The van der Waals surface area contributed by atoms with Crippen LogP contribution in [0.5, 0.6) is 0 Å². The first kappa shape index (κ1) is 9.59. The second kappa shape index (κ2) is 3.66. The Kier molecular flexibility index (Phi) is 2.51. The molecule has 0 saturated heterocycles. The Morgan fingerprint density at radius 1 is 1.50 bits per heavy atom. The maximum absolute atomic E-state index is 11.1. The molecule has 1 aliphatic rings. The van der Waals surface area contributed by atoms with E-state index in [0.29, 0.717) is 17.8 Å². The van der Waals surface area contributed by atoms with Crippen molar-refractivity contribution in [2.24, 2.45) is 0 Å². The van der Waals surface area contributed by atoms with E-state index in [9.17, 15) is 4.79 Å². The Balaban J connectivity index is 2.39. The number of fused-ring (bicyclic) bond motifs is 1. The van der Waals surface area contributed by atoms with Crippen LogP contribution in [0.1, 0.15) is 11.1 Å². The molecule has 0 aromatic heterocycles. The van der Waals surface area contributed by atoms with E-state index >= 15 is 0 Å². The number of rotatable bonds is 2. The normalized spacial score (nSPS) is 13.9. The molecule has 0 bridgehead atoms. The summed E-state index contributed by atoms with van der Waals surface area (Å²) >= 11 is 6.03. The minimum Gasteiger partial charge on any atom is -0.325 e. The predicted molar refractivity (Wildman–Crippen MR) is 58.1 cm³/mol. The molecule has 0 spiro atoms. The number of carbonyl (C=O) groups is 1. The number of aryl methyl sites for hydroxylation is 1. The van der Waals surface area contributed by atoms with Crippen molar-refractivity contribution in [1.29, 1.82) is 0 Å². The van der Waals surface area contributed by atoms with Gasteiger partial charge in [-0.2, -0.15) is 0 Å². The Bertz CT molecular complexity index is 392. The zero-order valence-corrected chi connectivity index (χ0v) is 8.40. The van der Waals surface area contributed by atoms with Crippen LogP contribution in [0.25, 0.3) is 0 Å². The molecule has 4 heteroatoms. The molecule has 0 aliphatic carbocycles. The molecular formula is C10H9BClNO. The molecule has 0 unspecified atom stereocenters. The molecule has 1 aromatic carbocycles. The minimum atomic E-state index is 0.0287. The largest absolute Gasteiger partial charge is 0.325 e. The van der Waals surface area contributed by atoms with E-state index in [-0.39, 0.29) is 5.91 Å². The highest BCUT2D eigenvalue weighted by Crippen LogP contribution is 2.30. The van der Waals surface area contributed by atoms with Gasteiger partial charge < -0.3 is 5.32 Å². The van der Waals surface area contributed by atoms with Gasteiger partial charge in [-0.25, -0.2) is 0 Å². The third-order valence-corrected chi connectivity index (χ3v) is 2.66. The van der Waals surface area contributed by atoms with E-state index in [1.807, 2.05) is 6.07 Å². The van der Waals surface area contributed by atoms with Crippen molar-refractivity contribution >= 4 is 31.0 Å². The van der Waals surface area contributed by atoms with E-state index in [1.54, 1.807) is 6.07 Å². The van der Waals surface area contributed by atoms with Gasteiger partial charge in [-0.15, -0.1) is 0 Å². The summed E-state index contributed by atoms with van der Waals surface area (Å²) in [6.07, 6.45) is 1.77. The summed E-state index contributed by atoms with van der Waals surface area (Å²) in [7, 11) is 5.46. The van der Waals surface area contributed by atoms with Gasteiger partial charge in [-0.05, 0) is 23.6 Å². The van der Waals surface area contributed by atoms with Crippen LogP contribution >= 0.6 is 11.6 Å². The second-order valence-electron chi connectivity index (χ2n) is 3.36. The summed E-state index contributed by atoms with van der Waals surface area (Å²) in [5.74, 6) is 0.0287. The molecular weight excluding hydrogens is 196 g/mol. The topological polar surface area (TPSA) is 29.1 Å². The van der Waals surface area contributed by atoms with E-state index in [4.69, 9.17) is 19.4 Å². The fraction of sp³-hybridized carbons (Fsp3) is 0.300. The monoisotopic (exact) mass is 205 g/mol. The molecule has 1 N–H and O–H groups in total. The third kappa shape index (κ3) is 1.64. The molecule has 0 atom stereocenters. The summed E-state index contributed by atoms with van der Waals surface area (Å²) in [6, 6.07) is 3.76. The molecule has 2 radical (unpaired) electrons. The Morgan fingerprint density at radius 3 is 3.00 bits per heavy atom. The van der Waals surface area contributed by atoms with Gasteiger partial charge in [-0.1, -0.05) is 24.0 Å². The lowest BCUT2D eigenvalue weighted by molar-refractivity contribution is -0.115. The van der Waals surface area contributed by atoms with Crippen molar-refractivity contribution < 1.29 is 4.79 Å². The molecule has 0 saturated carbocycles. The Morgan fingerprint density at radius 2 is 2.29 bits per heavy atom. The summed E-state index contributed by atoms with van der Waals surface area (Å²) in [4.78, 5) is 11.1. The fourth-order valence-electron chi connectivity index (χ4n) is 1.65. The maximum Gasteiger partial charge on any atom is 0.228 e. The van der Waals surface area contributed by atoms with Crippen molar-refractivity contribution in [2.75, 3.05) is 5.32 Å². The van der Waals surface area contributed by atoms with Gasteiger partial charge in [0.25, 0.3) is 0 Å². The Labute approximate surface area is 89.1 Å². The molecule has 1 aliphatic heterocycles. The van der Waals surface area contributed by atoms with Crippen LogP contribution in [0.2, 0.25) is 11.3 Å². The van der Waals surface area contributed by atoms with Gasteiger partial charge in [-0.3, -0.25) is 4.79 Å². The van der Waals surface area contributed by atoms with Crippen LogP contribution in [0.3, 0.4) is 0 Å². The highest BCUT2D eigenvalue weighted by Gasteiger charge is 2.18. The summed E-state index contributed by atoms with van der Waals surface area (Å²) in [5.41, 5.74) is 2.87. The molecule has 70 valence electrons.